The summed E-state index contributed by atoms with van der Waals surface area (Å²) in [5.74, 6) is 1.23. The predicted octanol–water partition coefficient (Wildman–Crippen LogP) is 3.70. The van der Waals surface area contributed by atoms with E-state index < -0.39 is 0 Å². The number of hydrogen-bond donors (Lipinski definition) is 1. The molecule has 0 atom stereocenters. The Labute approximate surface area is 176 Å². The molecule has 0 spiro atoms. The molecule has 30 heavy (non-hydrogen) atoms. The first kappa shape index (κ1) is 18.4. The summed E-state index contributed by atoms with van der Waals surface area (Å²) in [6.07, 6.45) is 3.61. The summed E-state index contributed by atoms with van der Waals surface area (Å²) in [7, 11) is 0. The van der Waals surface area contributed by atoms with Gasteiger partial charge in [0, 0.05) is 29.9 Å². The van der Waals surface area contributed by atoms with Crippen LogP contribution in [0.3, 0.4) is 0 Å². The van der Waals surface area contributed by atoms with E-state index in [0.29, 0.717) is 31.2 Å². The Hall–Kier alpha value is -3.65. The predicted molar refractivity (Wildman–Crippen MR) is 113 cm³/mol. The molecule has 2 aromatic heterocycles. The van der Waals surface area contributed by atoms with Crippen molar-refractivity contribution in [2.24, 2.45) is 0 Å². The van der Waals surface area contributed by atoms with E-state index in [9.17, 15) is 4.79 Å². The van der Waals surface area contributed by atoms with Gasteiger partial charge in [-0.25, -0.2) is 9.67 Å². The number of carbonyl (C=O) groups is 1. The highest BCUT2D eigenvalue weighted by atomic mass is 32.1. The molecular weight excluding hydrogens is 400 g/mol. The molecule has 7 nitrogen and oxygen atoms in total. The lowest BCUT2D eigenvalue weighted by Crippen LogP contribution is -2.23. The van der Waals surface area contributed by atoms with Crippen LogP contribution < -0.4 is 14.8 Å². The summed E-state index contributed by atoms with van der Waals surface area (Å²) < 4.78 is 13.0. The third-order valence-corrected chi connectivity index (χ3v) is 5.55. The van der Waals surface area contributed by atoms with Crippen LogP contribution in [0.2, 0.25) is 0 Å². The van der Waals surface area contributed by atoms with Crippen LogP contribution in [0.25, 0.3) is 16.3 Å². The quantitative estimate of drug-likeness (QED) is 0.535. The first-order valence-corrected chi connectivity index (χ1v) is 10.4. The fourth-order valence-corrected chi connectivity index (χ4v) is 3.99. The lowest BCUT2D eigenvalue weighted by molar-refractivity contribution is 0.0946. The third-order valence-electron chi connectivity index (χ3n) is 4.66. The standard InChI is InChI=1S/C22H18N4O3S/c27-21(23-13-15-3-1-4-17(11-15)26-8-2-7-24-26)18-14-30-22(25-18)16-5-6-19-20(12-16)29-10-9-28-19/h1-8,11-12,14H,9-10,13H2,(H,23,27). The molecule has 1 aliphatic rings. The summed E-state index contributed by atoms with van der Waals surface area (Å²) in [6.45, 7) is 1.49. The molecule has 3 heterocycles. The number of amides is 1. The van der Waals surface area contributed by atoms with Gasteiger partial charge in [0.25, 0.3) is 5.91 Å². The molecule has 5 rings (SSSR count). The van der Waals surface area contributed by atoms with Crippen molar-refractivity contribution >= 4 is 17.2 Å². The zero-order valence-corrected chi connectivity index (χ0v) is 16.8. The fourth-order valence-electron chi connectivity index (χ4n) is 3.19. The highest BCUT2D eigenvalue weighted by Crippen LogP contribution is 2.35. The number of rotatable bonds is 5. The SMILES string of the molecule is O=C(NCc1cccc(-n2cccn2)c1)c1csc(-c2ccc3c(c2)OCCO3)n1. The molecule has 0 unspecified atom stereocenters. The van der Waals surface area contributed by atoms with E-state index in [-0.39, 0.29) is 5.91 Å². The molecule has 0 radical (unpaired) electrons. The van der Waals surface area contributed by atoms with Crippen LogP contribution in [-0.4, -0.2) is 33.9 Å². The van der Waals surface area contributed by atoms with E-state index in [1.807, 2.05) is 54.7 Å². The van der Waals surface area contributed by atoms with Crippen LogP contribution in [-0.2, 0) is 6.54 Å². The van der Waals surface area contributed by atoms with Crippen LogP contribution in [0, 0.1) is 0 Å². The maximum atomic E-state index is 12.6. The number of nitrogens with zero attached hydrogens (tertiary/aromatic N) is 3. The molecule has 0 fully saturated rings. The van der Waals surface area contributed by atoms with Gasteiger partial charge < -0.3 is 14.8 Å². The smallest absolute Gasteiger partial charge is 0.271 e. The van der Waals surface area contributed by atoms with Crippen LogP contribution in [0.15, 0.2) is 66.3 Å². The summed E-state index contributed by atoms with van der Waals surface area (Å²) in [6, 6.07) is 15.4. The first-order valence-electron chi connectivity index (χ1n) is 9.49. The van der Waals surface area contributed by atoms with Crippen LogP contribution >= 0.6 is 11.3 Å². The van der Waals surface area contributed by atoms with Gasteiger partial charge in [-0.05, 0) is 42.0 Å². The molecule has 2 aromatic carbocycles. The van der Waals surface area contributed by atoms with Crippen molar-refractivity contribution in [1.82, 2.24) is 20.1 Å². The third kappa shape index (κ3) is 3.77. The lowest BCUT2D eigenvalue weighted by Gasteiger charge is -2.18. The molecule has 0 saturated carbocycles. The zero-order chi connectivity index (χ0) is 20.3. The monoisotopic (exact) mass is 418 g/mol. The van der Waals surface area contributed by atoms with E-state index in [1.54, 1.807) is 16.3 Å². The van der Waals surface area contributed by atoms with Crippen molar-refractivity contribution in [2.75, 3.05) is 13.2 Å². The van der Waals surface area contributed by atoms with Gasteiger partial charge in [0.15, 0.2) is 11.5 Å². The van der Waals surface area contributed by atoms with Gasteiger partial charge in [-0.3, -0.25) is 4.79 Å². The number of aromatic nitrogens is 3. The zero-order valence-electron chi connectivity index (χ0n) is 15.9. The summed E-state index contributed by atoms with van der Waals surface area (Å²) in [5.41, 5.74) is 3.23. The maximum absolute atomic E-state index is 12.6. The molecule has 0 saturated heterocycles. The lowest BCUT2D eigenvalue weighted by atomic mass is 10.2. The molecule has 1 N–H and O–H groups in total. The number of benzene rings is 2. The van der Waals surface area contributed by atoms with Crippen molar-refractivity contribution < 1.29 is 14.3 Å². The molecule has 0 bridgehead atoms. The van der Waals surface area contributed by atoms with E-state index >= 15 is 0 Å². The number of hydrogen-bond acceptors (Lipinski definition) is 6. The summed E-state index contributed by atoms with van der Waals surface area (Å²) >= 11 is 1.42. The van der Waals surface area contributed by atoms with Gasteiger partial charge in [-0.1, -0.05) is 12.1 Å². The number of ether oxygens (including phenoxy) is 2. The topological polar surface area (TPSA) is 78.3 Å². The minimum atomic E-state index is -0.209. The van der Waals surface area contributed by atoms with Crippen LogP contribution in [0.1, 0.15) is 16.1 Å². The Morgan fingerprint density at radius 3 is 2.87 bits per heavy atom. The average molecular weight is 418 g/mol. The molecule has 1 amide bonds. The van der Waals surface area contributed by atoms with E-state index in [1.165, 1.54) is 11.3 Å². The number of nitrogens with one attached hydrogen (secondary N) is 1. The molecule has 1 aliphatic heterocycles. The van der Waals surface area contributed by atoms with Crippen molar-refractivity contribution in [3.05, 3.63) is 77.6 Å². The van der Waals surface area contributed by atoms with Crippen molar-refractivity contribution in [3.8, 4) is 27.8 Å². The summed E-state index contributed by atoms with van der Waals surface area (Å²) in [4.78, 5) is 17.1. The summed E-state index contributed by atoms with van der Waals surface area (Å²) in [5, 5.41) is 9.69. The maximum Gasteiger partial charge on any atom is 0.271 e. The average Bonchev–Trinajstić information content (AvgIpc) is 3.50. The van der Waals surface area contributed by atoms with Gasteiger partial charge in [0.2, 0.25) is 0 Å². The van der Waals surface area contributed by atoms with Crippen LogP contribution in [0.5, 0.6) is 11.5 Å². The Bertz CT molecular complexity index is 1190. The second kappa shape index (κ2) is 8.00. The van der Waals surface area contributed by atoms with E-state index in [4.69, 9.17) is 9.47 Å². The first-order chi connectivity index (χ1) is 14.8. The Morgan fingerprint density at radius 2 is 2.00 bits per heavy atom. The molecule has 4 aromatic rings. The minimum absolute atomic E-state index is 0.209. The van der Waals surface area contributed by atoms with Gasteiger partial charge in [-0.15, -0.1) is 11.3 Å². The Kier molecular flexibility index (Phi) is 4.90. The number of fused-ring (bicyclic) bond motifs is 1. The second-order valence-electron chi connectivity index (χ2n) is 6.70. The minimum Gasteiger partial charge on any atom is -0.486 e. The van der Waals surface area contributed by atoms with Crippen LogP contribution in [0.4, 0.5) is 0 Å². The van der Waals surface area contributed by atoms with Crippen molar-refractivity contribution in [1.29, 1.82) is 0 Å². The van der Waals surface area contributed by atoms with Crippen molar-refractivity contribution in [2.45, 2.75) is 6.54 Å². The molecule has 0 aliphatic carbocycles. The molecular formula is C22H18N4O3S. The second-order valence-corrected chi connectivity index (χ2v) is 7.56. The molecule has 8 heteroatoms. The number of carbonyl (C=O) groups excluding carboxylic acids is 1. The van der Waals surface area contributed by atoms with E-state index in [2.05, 4.69) is 15.4 Å². The van der Waals surface area contributed by atoms with Gasteiger partial charge in [0.1, 0.15) is 23.9 Å². The van der Waals surface area contributed by atoms with E-state index in [0.717, 1.165) is 27.6 Å². The van der Waals surface area contributed by atoms with Gasteiger partial charge in [-0.2, -0.15) is 5.10 Å². The Morgan fingerprint density at radius 1 is 1.10 bits per heavy atom. The van der Waals surface area contributed by atoms with Gasteiger partial charge >= 0.3 is 0 Å². The Balaban J connectivity index is 1.27. The highest BCUT2D eigenvalue weighted by Gasteiger charge is 2.16. The van der Waals surface area contributed by atoms with Crippen molar-refractivity contribution in [3.63, 3.8) is 0 Å². The normalized spacial score (nSPS) is 12.5. The largest absolute Gasteiger partial charge is 0.486 e. The number of thiazole rings is 1. The highest BCUT2D eigenvalue weighted by molar-refractivity contribution is 7.13. The molecule has 150 valence electrons. The van der Waals surface area contributed by atoms with Gasteiger partial charge in [0.05, 0.1) is 5.69 Å². The fraction of sp³-hybridized carbons (Fsp3) is 0.136.